The second-order valence-corrected chi connectivity index (χ2v) is 9.20. The van der Waals surface area contributed by atoms with Crippen LogP contribution in [0.5, 0.6) is 5.75 Å². The van der Waals surface area contributed by atoms with E-state index in [0.717, 1.165) is 35.9 Å². The normalized spacial score (nSPS) is 14.3. The van der Waals surface area contributed by atoms with E-state index in [9.17, 15) is 13.2 Å². The third-order valence-corrected chi connectivity index (χ3v) is 6.68. The van der Waals surface area contributed by atoms with Crippen molar-refractivity contribution in [2.24, 2.45) is 0 Å². The van der Waals surface area contributed by atoms with Crippen LogP contribution in [0.2, 0.25) is 0 Å². The Bertz CT molecular complexity index is 983. The minimum atomic E-state index is -3.65. The maximum Gasteiger partial charge on any atom is 0.257 e. The highest BCUT2D eigenvalue weighted by atomic mass is 32.2. The molecule has 1 fully saturated rings. The van der Waals surface area contributed by atoms with Crippen LogP contribution in [0.3, 0.4) is 0 Å². The second-order valence-electron chi connectivity index (χ2n) is 7.04. The summed E-state index contributed by atoms with van der Waals surface area (Å²) in [7, 11) is -0.705. The molecule has 1 aliphatic rings. The van der Waals surface area contributed by atoms with Crippen LogP contribution in [-0.2, 0) is 10.0 Å². The summed E-state index contributed by atoms with van der Waals surface area (Å²) in [6, 6.07) is 11.9. The molecule has 7 nitrogen and oxygen atoms in total. The minimum absolute atomic E-state index is 0.0914. The predicted molar refractivity (Wildman–Crippen MR) is 114 cm³/mol. The lowest BCUT2D eigenvalue weighted by Gasteiger charge is -2.22. The van der Waals surface area contributed by atoms with Crippen molar-refractivity contribution < 1.29 is 17.9 Å². The summed E-state index contributed by atoms with van der Waals surface area (Å²) in [5, 5.41) is 2.88. The first-order valence-electron chi connectivity index (χ1n) is 9.69. The third kappa shape index (κ3) is 4.54. The fourth-order valence-corrected chi connectivity index (χ4v) is 4.27. The van der Waals surface area contributed by atoms with Crippen LogP contribution in [-0.4, -0.2) is 52.4 Å². The van der Waals surface area contributed by atoms with Gasteiger partial charge >= 0.3 is 0 Å². The SMILES string of the molecule is CCOc1ccccc1NC(=O)c1cc(S(=O)(=O)N(C)C)ccc1N1CCCC1. The standard InChI is InChI=1S/C21H27N3O4S/c1-4-28-20-10-6-5-9-18(20)22-21(25)17-15-16(29(26,27)23(2)3)11-12-19(17)24-13-7-8-14-24/h5-6,9-12,15H,4,7-8,13-14H2,1-3H3,(H,22,25). The van der Waals surface area contributed by atoms with Crippen molar-refractivity contribution in [1.29, 1.82) is 0 Å². The van der Waals surface area contributed by atoms with Crippen molar-refractivity contribution in [2.75, 3.05) is 44.0 Å². The van der Waals surface area contributed by atoms with E-state index in [1.807, 2.05) is 19.1 Å². The lowest BCUT2D eigenvalue weighted by Crippen LogP contribution is -2.25. The summed E-state index contributed by atoms with van der Waals surface area (Å²) in [4.78, 5) is 15.4. The molecule has 0 radical (unpaired) electrons. The van der Waals surface area contributed by atoms with Gasteiger partial charge in [-0.15, -0.1) is 0 Å². The zero-order chi connectivity index (χ0) is 21.0. The Morgan fingerprint density at radius 1 is 1.14 bits per heavy atom. The van der Waals surface area contributed by atoms with E-state index in [0.29, 0.717) is 23.6 Å². The van der Waals surface area contributed by atoms with Crippen molar-refractivity contribution in [3.05, 3.63) is 48.0 Å². The number of hydrogen-bond donors (Lipinski definition) is 1. The van der Waals surface area contributed by atoms with Gasteiger partial charge < -0.3 is 15.0 Å². The van der Waals surface area contributed by atoms with E-state index in [4.69, 9.17) is 4.74 Å². The van der Waals surface area contributed by atoms with Gasteiger partial charge in [0, 0.05) is 32.9 Å². The van der Waals surface area contributed by atoms with Gasteiger partial charge in [0.25, 0.3) is 5.91 Å². The van der Waals surface area contributed by atoms with Gasteiger partial charge in [0.05, 0.1) is 22.8 Å². The van der Waals surface area contributed by atoms with E-state index >= 15 is 0 Å². The summed E-state index contributed by atoms with van der Waals surface area (Å²) in [6.45, 7) is 4.04. The van der Waals surface area contributed by atoms with E-state index < -0.39 is 10.0 Å². The molecule has 0 aliphatic carbocycles. The highest BCUT2D eigenvalue weighted by Gasteiger charge is 2.25. The number of para-hydroxylation sites is 2. The van der Waals surface area contributed by atoms with Crippen LogP contribution >= 0.6 is 0 Å². The molecule has 1 amide bonds. The van der Waals surface area contributed by atoms with Crippen molar-refractivity contribution in [3.8, 4) is 5.75 Å². The molecule has 2 aromatic rings. The van der Waals surface area contributed by atoms with Crippen LogP contribution in [0.15, 0.2) is 47.4 Å². The molecular weight excluding hydrogens is 390 g/mol. The lowest BCUT2D eigenvalue weighted by atomic mass is 10.1. The largest absolute Gasteiger partial charge is 0.492 e. The maximum atomic E-state index is 13.2. The zero-order valence-corrected chi connectivity index (χ0v) is 17.8. The molecule has 2 aromatic carbocycles. The van der Waals surface area contributed by atoms with Crippen molar-refractivity contribution in [1.82, 2.24) is 4.31 Å². The molecule has 0 atom stereocenters. The molecule has 0 aromatic heterocycles. The topological polar surface area (TPSA) is 78.9 Å². The van der Waals surface area contributed by atoms with Crippen LogP contribution in [0.1, 0.15) is 30.1 Å². The summed E-state index contributed by atoms with van der Waals surface area (Å²) in [5.41, 5.74) is 1.63. The number of nitrogens with zero attached hydrogens (tertiary/aromatic N) is 2. The first-order chi connectivity index (χ1) is 13.8. The van der Waals surface area contributed by atoms with Gasteiger partial charge in [0.15, 0.2) is 0 Å². The van der Waals surface area contributed by atoms with E-state index in [1.54, 1.807) is 24.3 Å². The molecule has 1 saturated heterocycles. The number of benzene rings is 2. The Balaban J connectivity index is 2.02. The number of carbonyl (C=O) groups is 1. The molecule has 1 heterocycles. The van der Waals surface area contributed by atoms with Gasteiger partial charge in [-0.3, -0.25) is 4.79 Å². The van der Waals surface area contributed by atoms with Gasteiger partial charge in [-0.1, -0.05) is 12.1 Å². The Morgan fingerprint density at radius 2 is 1.83 bits per heavy atom. The summed E-state index contributed by atoms with van der Waals surface area (Å²) in [5.74, 6) is 0.206. The molecule has 0 spiro atoms. The van der Waals surface area contributed by atoms with Crippen molar-refractivity contribution in [2.45, 2.75) is 24.7 Å². The van der Waals surface area contributed by atoms with Crippen molar-refractivity contribution >= 4 is 27.3 Å². The molecule has 1 N–H and O–H groups in total. The van der Waals surface area contributed by atoms with Crippen LogP contribution in [0, 0.1) is 0 Å². The second kappa shape index (κ2) is 8.84. The number of carbonyl (C=O) groups excluding carboxylic acids is 1. The number of amides is 1. The molecular formula is C21H27N3O4S. The summed E-state index contributed by atoms with van der Waals surface area (Å²) >= 11 is 0. The van der Waals surface area contributed by atoms with Crippen molar-refractivity contribution in [3.63, 3.8) is 0 Å². The molecule has 0 saturated carbocycles. The van der Waals surface area contributed by atoms with Crippen LogP contribution < -0.4 is 15.0 Å². The van der Waals surface area contributed by atoms with E-state index in [2.05, 4.69) is 10.2 Å². The lowest BCUT2D eigenvalue weighted by molar-refractivity contribution is 0.102. The summed E-state index contributed by atoms with van der Waals surface area (Å²) in [6.07, 6.45) is 2.10. The Kier molecular flexibility index (Phi) is 6.44. The van der Waals surface area contributed by atoms with Gasteiger partial charge in [0.2, 0.25) is 10.0 Å². The van der Waals surface area contributed by atoms with E-state index in [1.165, 1.54) is 20.2 Å². The monoisotopic (exact) mass is 417 g/mol. The van der Waals surface area contributed by atoms with Crippen LogP contribution in [0.25, 0.3) is 0 Å². The highest BCUT2D eigenvalue weighted by molar-refractivity contribution is 7.89. The van der Waals surface area contributed by atoms with Gasteiger partial charge in [0.1, 0.15) is 5.75 Å². The first-order valence-corrected chi connectivity index (χ1v) is 11.1. The van der Waals surface area contributed by atoms with Gasteiger partial charge in [-0.2, -0.15) is 0 Å². The minimum Gasteiger partial charge on any atom is -0.492 e. The predicted octanol–water partition coefficient (Wildman–Crippen LogP) is 3.19. The number of ether oxygens (including phenoxy) is 1. The number of anilines is 2. The Morgan fingerprint density at radius 3 is 2.48 bits per heavy atom. The quantitative estimate of drug-likeness (QED) is 0.749. The third-order valence-electron chi connectivity index (χ3n) is 4.87. The number of sulfonamides is 1. The van der Waals surface area contributed by atoms with Crippen LogP contribution in [0.4, 0.5) is 11.4 Å². The fraction of sp³-hybridized carbons (Fsp3) is 0.381. The smallest absolute Gasteiger partial charge is 0.257 e. The average Bonchev–Trinajstić information content (AvgIpc) is 3.23. The van der Waals surface area contributed by atoms with Gasteiger partial charge in [-0.05, 0) is 50.1 Å². The molecule has 156 valence electrons. The number of rotatable bonds is 7. The molecule has 1 aliphatic heterocycles. The van der Waals surface area contributed by atoms with E-state index in [-0.39, 0.29) is 10.8 Å². The Hall–Kier alpha value is -2.58. The maximum absolute atomic E-state index is 13.2. The number of hydrogen-bond acceptors (Lipinski definition) is 5. The Labute approximate surface area is 172 Å². The molecule has 0 unspecified atom stereocenters. The first kappa shape index (κ1) is 21.1. The average molecular weight is 418 g/mol. The zero-order valence-electron chi connectivity index (χ0n) is 17.0. The van der Waals surface area contributed by atoms with Gasteiger partial charge in [-0.25, -0.2) is 12.7 Å². The molecule has 3 rings (SSSR count). The fourth-order valence-electron chi connectivity index (χ4n) is 3.34. The molecule has 0 bridgehead atoms. The highest BCUT2D eigenvalue weighted by Crippen LogP contribution is 2.30. The number of nitrogens with one attached hydrogen (secondary N) is 1. The molecule has 8 heteroatoms. The summed E-state index contributed by atoms with van der Waals surface area (Å²) < 4.78 is 31.9. The molecule has 29 heavy (non-hydrogen) atoms.